The average molecular weight is 397 g/mol. The molecule has 0 aliphatic rings. The van der Waals surface area contributed by atoms with Crippen LogP contribution < -0.4 is 10.1 Å². The quantitative estimate of drug-likeness (QED) is 0.704. The fraction of sp³-hybridized carbons (Fsp3) is 0.417. The van der Waals surface area contributed by atoms with E-state index in [0.29, 0.717) is 18.7 Å². The number of aryl methyl sites for hydroxylation is 1. The van der Waals surface area contributed by atoms with Gasteiger partial charge in [0.15, 0.2) is 6.61 Å². The van der Waals surface area contributed by atoms with E-state index >= 15 is 0 Å². The van der Waals surface area contributed by atoms with E-state index in [-0.39, 0.29) is 24.5 Å². The first-order valence-corrected chi connectivity index (χ1v) is 10.1. The Kier molecular flexibility index (Phi) is 8.25. The van der Waals surface area contributed by atoms with Gasteiger partial charge in [0.1, 0.15) is 11.8 Å². The molecule has 2 aromatic carbocycles. The van der Waals surface area contributed by atoms with Crippen molar-refractivity contribution in [1.82, 2.24) is 10.2 Å². The molecule has 1 unspecified atom stereocenters. The van der Waals surface area contributed by atoms with Crippen LogP contribution in [-0.2, 0) is 16.0 Å². The van der Waals surface area contributed by atoms with E-state index in [1.165, 1.54) is 0 Å². The van der Waals surface area contributed by atoms with Crippen LogP contribution in [0.4, 0.5) is 0 Å². The van der Waals surface area contributed by atoms with Crippen molar-refractivity contribution in [1.29, 1.82) is 0 Å². The molecule has 0 aliphatic heterocycles. The van der Waals surface area contributed by atoms with Crippen molar-refractivity contribution in [3.8, 4) is 5.75 Å². The fourth-order valence-electron chi connectivity index (χ4n) is 3.08. The van der Waals surface area contributed by atoms with Crippen LogP contribution in [0.15, 0.2) is 48.5 Å². The van der Waals surface area contributed by atoms with Crippen LogP contribution >= 0.6 is 0 Å². The van der Waals surface area contributed by atoms with Crippen molar-refractivity contribution in [2.45, 2.75) is 53.1 Å². The summed E-state index contributed by atoms with van der Waals surface area (Å²) in [7, 11) is 0. The second kappa shape index (κ2) is 10.6. The van der Waals surface area contributed by atoms with Crippen LogP contribution in [0.3, 0.4) is 0 Å². The number of ether oxygens (including phenoxy) is 1. The predicted octanol–water partition coefficient (Wildman–Crippen LogP) is 3.67. The maximum absolute atomic E-state index is 13.0. The number of hydrogen-bond acceptors (Lipinski definition) is 3. The van der Waals surface area contributed by atoms with Gasteiger partial charge in [0.25, 0.3) is 5.91 Å². The number of hydrogen-bond donors (Lipinski definition) is 1. The van der Waals surface area contributed by atoms with Crippen molar-refractivity contribution in [2.24, 2.45) is 0 Å². The number of nitrogens with one attached hydrogen (secondary N) is 1. The van der Waals surface area contributed by atoms with Gasteiger partial charge in [-0.3, -0.25) is 9.59 Å². The predicted molar refractivity (Wildman–Crippen MR) is 116 cm³/mol. The zero-order chi connectivity index (χ0) is 21.4. The summed E-state index contributed by atoms with van der Waals surface area (Å²) in [5.74, 6) is 0.335. The van der Waals surface area contributed by atoms with Crippen molar-refractivity contribution >= 4 is 11.8 Å². The molecule has 0 saturated carbocycles. The largest absolute Gasteiger partial charge is 0.483 e. The molecule has 29 heavy (non-hydrogen) atoms. The molecule has 5 heteroatoms. The molecule has 0 saturated heterocycles. The first-order valence-electron chi connectivity index (χ1n) is 10.1. The van der Waals surface area contributed by atoms with Gasteiger partial charge >= 0.3 is 0 Å². The molecule has 0 radical (unpaired) electrons. The Labute approximate surface area is 174 Å². The topological polar surface area (TPSA) is 58.6 Å². The Morgan fingerprint density at radius 3 is 2.34 bits per heavy atom. The molecular weight excluding hydrogens is 364 g/mol. The molecule has 2 aromatic rings. The van der Waals surface area contributed by atoms with Crippen molar-refractivity contribution in [3.05, 3.63) is 65.2 Å². The number of benzene rings is 2. The third-order valence-electron chi connectivity index (χ3n) is 4.99. The lowest BCUT2D eigenvalue weighted by Gasteiger charge is -2.29. The van der Waals surface area contributed by atoms with Gasteiger partial charge in [0.2, 0.25) is 5.91 Å². The zero-order valence-corrected chi connectivity index (χ0v) is 18.1. The highest BCUT2D eigenvalue weighted by Crippen LogP contribution is 2.20. The Hall–Kier alpha value is -2.82. The third-order valence-corrected chi connectivity index (χ3v) is 4.99. The number of nitrogens with zero attached hydrogens (tertiary/aromatic N) is 1. The average Bonchev–Trinajstić information content (AvgIpc) is 2.69. The molecule has 1 N–H and O–H groups in total. The summed E-state index contributed by atoms with van der Waals surface area (Å²) >= 11 is 0. The second-order valence-corrected chi connectivity index (χ2v) is 7.65. The van der Waals surface area contributed by atoms with Gasteiger partial charge in [0, 0.05) is 12.6 Å². The van der Waals surface area contributed by atoms with E-state index in [2.05, 4.69) is 5.32 Å². The van der Waals surface area contributed by atoms with E-state index in [1.54, 1.807) is 11.8 Å². The Morgan fingerprint density at radius 1 is 1.00 bits per heavy atom. The molecule has 0 heterocycles. The normalized spacial score (nSPS) is 11.8. The number of carbonyl (C=O) groups is 2. The van der Waals surface area contributed by atoms with Gasteiger partial charge in [-0.2, -0.15) is 0 Å². The van der Waals surface area contributed by atoms with E-state index < -0.39 is 6.04 Å². The highest BCUT2D eigenvalue weighted by Gasteiger charge is 2.26. The van der Waals surface area contributed by atoms with Gasteiger partial charge in [0.05, 0.1) is 0 Å². The summed E-state index contributed by atoms with van der Waals surface area (Å²) in [6.45, 7) is 9.91. The number of rotatable bonds is 9. The Bertz CT molecular complexity index is 818. The minimum atomic E-state index is -0.573. The summed E-state index contributed by atoms with van der Waals surface area (Å²) in [5.41, 5.74) is 3.25. The molecule has 5 nitrogen and oxygen atoms in total. The summed E-state index contributed by atoms with van der Waals surface area (Å²) < 4.78 is 5.80. The maximum Gasteiger partial charge on any atom is 0.261 e. The molecular formula is C24H32N2O3. The second-order valence-electron chi connectivity index (χ2n) is 7.65. The third kappa shape index (κ3) is 6.63. The first-order chi connectivity index (χ1) is 13.8. The SMILES string of the molecule is Cc1cccc(OCC(=O)N(CCc2ccccc2)C(C)C(=O)NC(C)C)c1C. The smallest absolute Gasteiger partial charge is 0.261 e. The summed E-state index contributed by atoms with van der Waals surface area (Å²) in [5, 5.41) is 2.89. The summed E-state index contributed by atoms with van der Waals surface area (Å²) in [4.78, 5) is 27.1. The monoisotopic (exact) mass is 396 g/mol. The van der Waals surface area contributed by atoms with Gasteiger partial charge in [-0.25, -0.2) is 0 Å². The van der Waals surface area contributed by atoms with Crippen LogP contribution in [-0.4, -0.2) is 41.9 Å². The minimum absolute atomic E-state index is 0.0159. The van der Waals surface area contributed by atoms with Crippen molar-refractivity contribution < 1.29 is 14.3 Å². The minimum Gasteiger partial charge on any atom is -0.483 e. The number of amides is 2. The van der Waals surface area contributed by atoms with Crippen molar-refractivity contribution in [2.75, 3.05) is 13.2 Å². The molecule has 156 valence electrons. The highest BCUT2D eigenvalue weighted by molar-refractivity contribution is 5.88. The van der Waals surface area contributed by atoms with Gasteiger partial charge in [-0.05, 0) is 63.8 Å². The molecule has 0 bridgehead atoms. The maximum atomic E-state index is 13.0. The molecule has 0 spiro atoms. The van der Waals surface area contributed by atoms with Crippen LogP contribution in [0, 0.1) is 13.8 Å². The lowest BCUT2D eigenvalue weighted by Crippen LogP contribution is -2.51. The van der Waals surface area contributed by atoms with Crippen molar-refractivity contribution in [3.63, 3.8) is 0 Å². The molecule has 0 fully saturated rings. The van der Waals surface area contributed by atoms with Gasteiger partial charge in [-0.1, -0.05) is 42.5 Å². The van der Waals surface area contributed by atoms with E-state index in [9.17, 15) is 9.59 Å². The van der Waals surface area contributed by atoms with E-state index in [1.807, 2.05) is 76.2 Å². The van der Waals surface area contributed by atoms with Gasteiger partial charge < -0.3 is 15.0 Å². The van der Waals surface area contributed by atoms with Crippen LogP contribution in [0.25, 0.3) is 0 Å². The lowest BCUT2D eigenvalue weighted by molar-refractivity contribution is -0.141. The Morgan fingerprint density at radius 2 is 1.69 bits per heavy atom. The van der Waals surface area contributed by atoms with Crippen LogP contribution in [0.5, 0.6) is 5.75 Å². The molecule has 0 aromatic heterocycles. The summed E-state index contributed by atoms with van der Waals surface area (Å²) in [6, 6.07) is 15.2. The van der Waals surface area contributed by atoms with Crippen LogP contribution in [0.1, 0.15) is 37.5 Å². The van der Waals surface area contributed by atoms with E-state index in [0.717, 1.165) is 16.7 Å². The zero-order valence-electron chi connectivity index (χ0n) is 18.1. The fourth-order valence-corrected chi connectivity index (χ4v) is 3.08. The lowest BCUT2D eigenvalue weighted by atomic mass is 10.1. The van der Waals surface area contributed by atoms with E-state index in [4.69, 9.17) is 4.74 Å². The molecule has 2 rings (SSSR count). The van der Waals surface area contributed by atoms with Crippen LogP contribution in [0.2, 0.25) is 0 Å². The highest BCUT2D eigenvalue weighted by atomic mass is 16.5. The Balaban J connectivity index is 2.10. The first kappa shape index (κ1) is 22.5. The molecule has 2 amide bonds. The number of carbonyl (C=O) groups excluding carboxylic acids is 2. The molecule has 1 atom stereocenters. The standard InChI is InChI=1S/C24H32N2O3/c1-17(2)25-24(28)20(5)26(15-14-21-11-7-6-8-12-21)23(27)16-29-22-13-9-10-18(3)19(22)4/h6-13,17,20H,14-16H2,1-5H3,(H,25,28). The van der Waals surface area contributed by atoms with Gasteiger partial charge in [-0.15, -0.1) is 0 Å². The summed E-state index contributed by atoms with van der Waals surface area (Å²) in [6.07, 6.45) is 0.676. The molecule has 0 aliphatic carbocycles.